The molecule has 5 heteroatoms. The van der Waals surface area contributed by atoms with Gasteiger partial charge in [-0.3, -0.25) is 0 Å². The Hall–Kier alpha value is 2.05. The molecule has 0 saturated heterocycles. The van der Waals surface area contributed by atoms with Gasteiger partial charge in [-0.25, -0.2) is 0 Å². The molecule has 0 aliphatic rings. The van der Waals surface area contributed by atoms with Crippen LogP contribution in [0.1, 0.15) is 63.7 Å². The molecule has 0 unspecified atom stereocenters. The van der Waals surface area contributed by atoms with E-state index in [1.165, 1.54) is 0 Å². The molecule has 0 spiro atoms. The second kappa shape index (κ2) is 7.73. The average Bonchev–Trinajstić information content (AvgIpc) is 1.70. The molecule has 0 N–H and O–H groups in total. The first kappa shape index (κ1) is 21.3. The van der Waals surface area contributed by atoms with Gasteiger partial charge in [0.2, 0.25) is 0 Å². The Kier molecular flexibility index (Phi) is 9.71. The molecule has 3 nitrogen and oxygen atoms in total. The van der Waals surface area contributed by atoms with Crippen LogP contribution >= 0.6 is 0 Å². The van der Waals surface area contributed by atoms with Crippen molar-refractivity contribution in [1.82, 2.24) is 0 Å². The Morgan fingerprint density at radius 1 is 0.588 bits per heavy atom. The summed E-state index contributed by atoms with van der Waals surface area (Å²) in [5, 5.41) is 0. The maximum atomic E-state index is 5.88. The summed E-state index contributed by atoms with van der Waals surface area (Å²) in [6, 6.07) is 0. The summed E-state index contributed by atoms with van der Waals surface area (Å²) in [6.07, 6.45) is 0. The van der Waals surface area contributed by atoms with Gasteiger partial charge in [0.1, 0.15) is 0 Å². The minimum Gasteiger partial charge on any atom is -1.00 e. The third-order valence-electron chi connectivity index (χ3n) is 1.35. The molecule has 0 saturated carbocycles. The van der Waals surface area contributed by atoms with Gasteiger partial charge in [-0.15, -0.1) is 0 Å². The summed E-state index contributed by atoms with van der Waals surface area (Å²) in [5.74, 6) is 0. The molecule has 0 aliphatic carbocycles. The molecule has 0 aromatic carbocycles. The molecule has 17 heavy (non-hydrogen) atoms. The molecular weight excluding hydrogens is 258 g/mol. The van der Waals surface area contributed by atoms with Crippen LogP contribution in [0, 0.1) is 0 Å². The zero-order chi connectivity index (χ0) is 13.2. The van der Waals surface area contributed by atoms with E-state index in [9.17, 15) is 0 Å². The molecule has 0 bridgehead atoms. The molecule has 0 rings (SSSR count). The third-order valence-corrected chi connectivity index (χ3v) is 4.05. The minimum absolute atomic E-state index is 0. The largest absolute Gasteiger partial charge is 1.00 e. The van der Waals surface area contributed by atoms with Gasteiger partial charge in [-0.05, 0) is 62.3 Å². The summed E-state index contributed by atoms with van der Waals surface area (Å²) < 4.78 is 17.7. The van der Waals surface area contributed by atoms with Crippen LogP contribution in [0.4, 0.5) is 0 Å². The van der Waals surface area contributed by atoms with E-state index in [4.69, 9.17) is 11.4 Å². The van der Waals surface area contributed by atoms with Crippen LogP contribution in [0.5, 0.6) is 0 Å². The topological polar surface area (TPSA) is 27.7 Å². The van der Waals surface area contributed by atoms with Crippen molar-refractivity contribution >= 4 is 15.1 Å². The van der Waals surface area contributed by atoms with Crippen molar-refractivity contribution in [3.05, 3.63) is 0 Å². The fourth-order valence-electron chi connectivity index (χ4n) is 0.938. The second-order valence-corrected chi connectivity index (χ2v) is 8.26. The van der Waals surface area contributed by atoms with E-state index in [0.29, 0.717) is 0 Å². The van der Waals surface area contributed by atoms with Crippen molar-refractivity contribution in [2.45, 2.75) is 79.1 Å². The maximum absolute atomic E-state index is 5.88. The van der Waals surface area contributed by atoms with Crippen molar-refractivity contribution in [3.8, 4) is 0 Å². The van der Waals surface area contributed by atoms with Crippen molar-refractivity contribution in [1.29, 1.82) is 0 Å². The number of hydrogen-bond acceptors (Lipinski definition) is 3. The van der Waals surface area contributed by atoms with Gasteiger partial charge in [-0.2, -0.15) is 0 Å². The van der Waals surface area contributed by atoms with E-state index in [0.717, 1.165) is 0 Å². The Morgan fingerprint density at radius 2 is 0.765 bits per heavy atom. The predicted octanol–water partition coefficient (Wildman–Crippen LogP) is 0.533. The van der Waals surface area contributed by atoms with E-state index in [1.807, 2.05) is 62.3 Å². The van der Waals surface area contributed by atoms with Crippen LogP contribution in [0.15, 0.2) is 0 Å². The zero-order valence-corrected chi connectivity index (χ0v) is 17.6. The fraction of sp³-hybridized carbons (Fsp3) is 1.00. The zero-order valence-electron chi connectivity index (χ0n) is 14.3. The third kappa shape index (κ3) is 16.0. The minimum atomic E-state index is -2.11. The standard InChI is InChI=1S/3C4H9O.Al.K.H/c3*1-4(2,3)5;;;/h3*1-3H3;;;/q3*-1;+3;+1;-1. The first-order valence-electron chi connectivity index (χ1n) is 5.82. The van der Waals surface area contributed by atoms with Gasteiger partial charge < -0.3 is 12.8 Å². The van der Waals surface area contributed by atoms with E-state index < -0.39 is 15.1 Å². The Morgan fingerprint density at radius 3 is 0.882 bits per heavy atom. The van der Waals surface area contributed by atoms with Crippen LogP contribution in [0.2, 0.25) is 0 Å². The van der Waals surface area contributed by atoms with Gasteiger partial charge in [0.15, 0.2) is 0 Å². The monoisotopic (exact) mass is 286 g/mol. The van der Waals surface area contributed by atoms with Crippen molar-refractivity contribution in [3.63, 3.8) is 0 Å². The average molecular weight is 286 g/mol. The summed E-state index contributed by atoms with van der Waals surface area (Å²) in [5.41, 5.74) is -0.686. The van der Waals surface area contributed by atoms with Crippen molar-refractivity contribution < 1.29 is 64.2 Å². The first-order valence-corrected chi connectivity index (χ1v) is 7.23. The van der Waals surface area contributed by atoms with Crippen LogP contribution in [0.25, 0.3) is 0 Å². The summed E-state index contributed by atoms with van der Waals surface area (Å²) in [4.78, 5) is 0. The molecule has 0 aromatic heterocycles. The first-order chi connectivity index (χ1) is 6.79. The van der Waals surface area contributed by atoms with Crippen molar-refractivity contribution in [2.24, 2.45) is 0 Å². The summed E-state index contributed by atoms with van der Waals surface area (Å²) in [7, 11) is 0. The molecule has 0 aliphatic heterocycles. The van der Waals surface area contributed by atoms with Gasteiger partial charge in [-0.1, -0.05) is 0 Å². The van der Waals surface area contributed by atoms with Crippen LogP contribution in [-0.4, -0.2) is 32.0 Å². The quantitative estimate of drug-likeness (QED) is 0.709. The van der Waals surface area contributed by atoms with Crippen molar-refractivity contribution in [2.75, 3.05) is 0 Å². The van der Waals surface area contributed by atoms with Crippen LogP contribution < -0.4 is 51.4 Å². The van der Waals surface area contributed by atoms with Gasteiger partial charge in [0.05, 0.1) is 0 Å². The van der Waals surface area contributed by atoms with Gasteiger partial charge >= 0.3 is 66.5 Å². The molecule has 0 amide bonds. The van der Waals surface area contributed by atoms with E-state index >= 15 is 0 Å². The fourth-order valence-corrected chi connectivity index (χ4v) is 2.81. The molecule has 0 heterocycles. The molecule has 0 radical (unpaired) electrons. The normalized spacial score (nSPS) is 13.2. The number of hydrogen-bond donors (Lipinski definition) is 0. The van der Waals surface area contributed by atoms with E-state index in [1.54, 1.807) is 0 Å². The smallest absolute Gasteiger partial charge is 1.00 e. The molecule has 0 fully saturated rings. The number of rotatable bonds is 3. The maximum Gasteiger partial charge on any atom is 1.00 e. The second-order valence-electron chi connectivity index (χ2n) is 6.98. The summed E-state index contributed by atoms with van der Waals surface area (Å²) in [6.45, 7) is 18.2. The molecule has 0 aromatic rings. The van der Waals surface area contributed by atoms with Gasteiger partial charge in [0, 0.05) is 16.8 Å². The summed E-state index contributed by atoms with van der Waals surface area (Å²) >= 11 is -2.11. The molecule has 0 atom stereocenters. The van der Waals surface area contributed by atoms with E-state index in [2.05, 4.69) is 0 Å². The van der Waals surface area contributed by atoms with Crippen LogP contribution in [0.3, 0.4) is 0 Å². The van der Waals surface area contributed by atoms with Gasteiger partial charge in [0.25, 0.3) is 0 Å². The van der Waals surface area contributed by atoms with Crippen LogP contribution in [-0.2, 0) is 11.4 Å². The SMILES string of the molecule is CC(C)(C)[O][Al]([O]C(C)(C)C)[O]C(C)(C)C.[H-].[K+]. The molecular formula is C12H28AlKO3. The Balaban J connectivity index is -0.00000112. The molecule has 98 valence electrons. The Labute approximate surface area is 156 Å². The Bertz CT molecular complexity index is 181. The van der Waals surface area contributed by atoms with E-state index in [-0.39, 0.29) is 69.6 Å². The predicted molar refractivity (Wildman–Crippen MR) is 69.4 cm³/mol.